The molecule has 0 spiro atoms. The second-order valence-corrected chi connectivity index (χ2v) is 5.37. The van der Waals surface area contributed by atoms with Gasteiger partial charge in [-0.25, -0.2) is 0 Å². The summed E-state index contributed by atoms with van der Waals surface area (Å²) in [6, 6.07) is 4.29. The number of nitrogens with one attached hydrogen (secondary N) is 1. The Hall–Kier alpha value is -1.02. The summed E-state index contributed by atoms with van der Waals surface area (Å²) < 4.78 is 5.43. The predicted molar refractivity (Wildman–Crippen MR) is 69.1 cm³/mol. The Morgan fingerprint density at radius 2 is 1.81 bits per heavy atom. The fourth-order valence-electron chi connectivity index (χ4n) is 1.72. The van der Waals surface area contributed by atoms with E-state index in [0.29, 0.717) is 0 Å². The van der Waals surface area contributed by atoms with Crippen LogP contribution in [0.5, 0.6) is 5.75 Å². The third-order valence-electron chi connectivity index (χ3n) is 2.59. The third kappa shape index (κ3) is 3.53. The molecule has 0 saturated carbocycles. The highest BCUT2D eigenvalue weighted by molar-refractivity contribution is 5.43. The second-order valence-electron chi connectivity index (χ2n) is 5.37. The van der Waals surface area contributed by atoms with Gasteiger partial charge in [-0.1, -0.05) is 6.07 Å². The maximum absolute atomic E-state index is 5.43. The van der Waals surface area contributed by atoms with Crippen LogP contribution in [0.3, 0.4) is 0 Å². The maximum atomic E-state index is 5.43. The molecule has 0 atom stereocenters. The minimum Gasteiger partial charge on any atom is -0.496 e. The van der Waals surface area contributed by atoms with Gasteiger partial charge in [0.2, 0.25) is 0 Å². The van der Waals surface area contributed by atoms with Crippen LogP contribution in [0.15, 0.2) is 12.1 Å². The predicted octanol–water partition coefficient (Wildman–Crippen LogP) is 3.20. The Bertz CT molecular complexity index is 364. The van der Waals surface area contributed by atoms with Gasteiger partial charge in [-0.2, -0.15) is 0 Å². The van der Waals surface area contributed by atoms with Gasteiger partial charge in [0.25, 0.3) is 0 Å². The average Bonchev–Trinajstić information content (AvgIpc) is 2.13. The summed E-state index contributed by atoms with van der Waals surface area (Å²) in [7, 11) is 1.73. The van der Waals surface area contributed by atoms with Crippen molar-refractivity contribution in [2.45, 2.75) is 46.7 Å². The molecule has 2 heteroatoms. The van der Waals surface area contributed by atoms with Crippen molar-refractivity contribution in [3.63, 3.8) is 0 Å². The molecule has 0 unspecified atom stereocenters. The number of aryl methyl sites for hydroxylation is 2. The molecule has 0 fully saturated rings. The van der Waals surface area contributed by atoms with Crippen molar-refractivity contribution in [2.24, 2.45) is 0 Å². The second kappa shape index (κ2) is 4.88. The minimum atomic E-state index is 0.127. The SMILES string of the molecule is COc1cc(C)cc(C)c1CNC(C)(C)C. The quantitative estimate of drug-likeness (QED) is 0.846. The van der Waals surface area contributed by atoms with E-state index in [0.717, 1.165) is 12.3 Å². The minimum absolute atomic E-state index is 0.127. The number of methoxy groups -OCH3 is 1. The van der Waals surface area contributed by atoms with Gasteiger partial charge in [0.15, 0.2) is 0 Å². The number of benzene rings is 1. The van der Waals surface area contributed by atoms with Crippen LogP contribution in [-0.4, -0.2) is 12.6 Å². The molecule has 0 aromatic heterocycles. The highest BCUT2D eigenvalue weighted by atomic mass is 16.5. The first-order valence-corrected chi connectivity index (χ1v) is 5.72. The summed E-state index contributed by atoms with van der Waals surface area (Å²) in [5, 5.41) is 3.49. The van der Waals surface area contributed by atoms with Gasteiger partial charge >= 0.3 is 0 Å². The molecule has 90 valence electrons. The van der Waals surface area contributed by atoms with E-state index in [-0.39, 0.29) is 5.54 Å². The molecule has 1 aromatic rings. The van der Waals surface area contributed by atoms with E-state index < -0.39 is 0 Å². The Kier molecular flexibility index (Phi) is 3.98. The van der Waals surface area contributed by atoms with Gasteiger partial charge in [0.05, 0.1) is 7.11 Å². The zero-order valence-electron chi connectivity index (χ0n) is 11.3. The first-order chi connectivity index (χ1) is 7.33. The standard InChI is InChI=1S/C14H23NO/c1-10-7-11(2)12(13(8-10)16-6)9-15-14(3,4)5/h7-8,15H,9H2,1-6H3. The lowest BCUT2D eigenvalue weighted by molar-refractivity contribution is 0.391. The fraction of sp³-hybridized carbons (Fsp3) is 0.571. The summed E-state index contributed by atoms with van der Waals surface area (Å²) >= 11 is 0. The van der Waals surface area contributed by atoms with Crippen LogP contribution in [-0.2, 0) is 6.54 Å². The lowest BCUT2D eigenvalue weighted by atomic mass is 10.0. The summed E-state index contributed by atoms with van der Waals surface area (Å²) in [6.07, 6.45) is 0. The topological polar surface area (TPSA) is 21.3 Å². The lowest BCUT2D eigenvalue weighted by Gasteiger charge is -2.22. The number of hydrogen-bond acceptors (Lipinski definition) is 2. The highest BCUT2D eigenvalue weighted by Crippen LogP contribution is 2.24. The van der Waals surface area contributed by atoms with Gasteiger partial charge in [-0.05, 0) is 51.8 Å². The Morgan fingerprint density at radius 3 is 2.31 bits per heavy atom. The van der Waals surface area contributed by atoms with Crippen LogP contribution in [0.2, 0.25) is 0 Å². The molecule has 1 rings (SSSR count). The number of hydrogen-bond donors (Lipinski definition) is 1. The van der Waals surface area contributed by atoms with Crippen molar-refractivity contribution in [1.82, 2.24) is 5.32 Å². The molecule has 16 heavy (non-hydrogen) atoms. The molecule has 0 heterocycles. The van der Waals surface area contributed by atoms with Crippen LogP contribution in [0.25, 0.3) is 0 Å². The van der Waals surface area contributed by atoms with E-state index in [9.17, 15) is 0 Å². The Labute approximate surface area is 99.0 Å². The molecule has 0 radical (unpaired) electrons. The number of rotatable bonds is 3. The first kappa shape index (κ1) is 13.0. The van der Waals surface area contributed by atoms with Gasteiger partial charge < -0.3 is 10.1 Å². The smallest absolute Gasteiger partial charge is 0.123 e. The molecular formula is C14H23NO. The van der Waals surface area contributed by atoms with Crippen LogP contribution in [0.1, 0.15) is 37.5 Å². The molecule has 1 N–H and O–H groups in total. The molecule has 0 aliphatic heterocycles. The maximum Gasteiger partial charge on any atom is 0.123 e. The van der Waals surface area contributed by atoms with Gasteiger partial charge in [0, 0.05) is 17.6 Å². The van der Waals surface area contributed by atoms with E-state index >= 15 is 0 Å². The molecule has 0 aliphatic rings. The zero-order chi connectivity index (χ0) is 12.3. The van der Waals surface area contributed by atoms with Crippen LogP contribution < -0.4 is 10.1 Å². The largest absolute Gasteiger partial charge is 0.496 e. The first-order valence-electron chi connectivity index (χ1n) is 5.72. The van der Waals surface area contributed by atoms with E-state index in [4.69, 9.17) is 4.74 Å². The molecule has 1 aromatic carbocycles. The molecule has 0 amide bonds. The van der Waals surface area contributed by atoms with Crippen LogP contribution in [0.4, 0.5) is 0 Å². The normalized spacial score (nSPS) is 11.6. The summed E-state index contributed by atoms with van der Waals surface area (Å²) in [5.41, 5.74) is 3.91. The van der Waals surface area contributed by atoms with E-state index in [1.54, 1.807) is 7.11 Å². The zero-order valence-corrected chi connectivity index (χ0v) is 11.3. The summed E-state index contributed by atoms with van der Waals surface area (Å²) in [6.45, 7) is 11.6. The fourth-order valence-corrected chi connectivity index (χ4v) is 1.72. The number of ether oxygens (including phenoxy) is 1. The summed E-state index contributed by atoms with van der Waals surface area (Å²) in [4.78, 5) is 0. The van der Waals surface area contributed by atoms with Crippen molar-refractivity contribution < 1.29 is 4.74 Å². The highest BCUT2D eigenvalue weighted by Gasteiger charge is 2.12. The Morgan fingerprint density at radius 1 is 1.19 bits per heavy atom. The van der Waals surface area contributed by atoms with E-state index in [2.05, 4.69) is 52.1 Å². The van der Waals surface area contributed by atoms with E-state index in [1.807, 2.05) is 0 Å². The van der Waals surface area contributed by atoms with Crippen molar-refractivity contribution in [1.29, 1.82) is 0 Å². The summed E-state index contributed by atoms with van der Waals surface area (Å²) in [5.74, 6) is 0.981. The van der Waals surface area contributed by atoms with E-state index in [1.165, 1.54) is 16.7 Å². The van der Waals surface area contributed by atoms with Crippen LogP contribution >= 0.6 is 0 Å². The third-order valence-corrected chi connectivity index (χ3v) is 2.59. The van der Waals surface area contributed by atoms with Gasteiger partial charge in [0.1, 0.15) is 5.75 Å². The van der Waals surface area contributed by atoms with Crippen molar-refractivity contribution >= 4 is 0 Å². The van der Waals surface area contributed by atoms with Crippen LogP contribution in [0, 0.1) is 13.8 Å². The van der Waals surface area contributed by atoms with Gasteiger partial charge in [-0.15, -0.1) is 0 Å². The molecular weight excluding hydrogens is 198 g/mol. The average molecular weight is 221 g/mol. The lowest BCUT2D eigenvalue weighted by Crippen LogP contribution is -2.35. The van der Waals surface area contributed by atoms with Gasteiger partial charge in [-0.3, -0.25) is 0 Å². The van der Waals surface area contributed by atoms with Crippen molar-refractivity contribution in [3.8, 4) is 5.75 Å². The van der Waals surface area contributed by atoms with Crippen molar-refractivity contribution in [3.05, 3.63) is 28.8 Å². The Balaban J connectivity index is 2.94. The van der Waals surface area contributed by atoms with Crippen molar-refractivity contribution in [2.75, 3.05) is 7.11 Å². The molecule has 2 nitrogen and oxygen atoms in total. The monoisotopic (exact) mass is 221 g/mol. The molecule has 0 aliphatic carbocycles. The molecule has 0 bridgehead atoms. The molecule has 0 saturated heterocycles.